The molecule has 0 radical (unpaired) electrons. The van der Waals surface area contributed by atoms with E-state index in [1.165, 1.54) is 0 Å². The Labute approximate surface area is 92.7 Å². The van der Waals surface area contributed by atoms with Crippen LogP contribution in [0.4, 0.5) is 4.79 Å². The number of hydrogen-bond donors (Lipinski definition) is 2. The van der Waals surface area contributed by atoms with Gasteiger partial charge in [0, 0.05) is 20.4 Å². The van der Waals surface area contributed by atoms with Gasteiger partial charge in [-0.2, -0.15) is 0 Å². The zero-order chi connectivity index (χ0) is 3.58. The largest absolute Gasteiger partial charge is 1.00 e. The van der Waals surface area contributed by atoms with Crippen molar-refractivity contribution < 1.29 is 88.2 Å². The first-order chi connectivity index (χ1) is 1.73. The van der Waals surface area contributed by atoms with Gasteiger partial charge < -0.3 is 11.6 Å². The SMILES string of the molecule is O=C(O)O.[H-].[K+].[Pd]. The maximum Gasteiger partial charge on any atom is 1.00 e. The van der Waals surface area contributed by atoms with Gasteiger partial charge in [0.15, 0.2) is 0 Å². The Balaban J connectivity index is -0.0000000150. The summed E-state index contributed by atoms with van der Waals surface area (Å²) in [6.45, 7) is 0. The molecule has 0 heterocycles. The minimum absolute atomic E-state index is 0. The molecule has 0 aliphatic heterocycles. The topological polar surface area (TPSA) is 57.5 Å². The molecule has 6 heavy (non-hydrogen) atoms. The van der Waals surface area contributed by atoms with Crippen molar-refractivity contribution in [3.8, 4) is 0 Å². The zero-order valence-corrected chi connectivity index (χ0v) is 7.80. The van der Waals surface area contributed by atoms with Crippen molar-refractivity contribution in [3.05, 3.63) is 0 Å². The molecule has 0 rings (SSSR count). The second-order valence-electron chi connectivity index (χ2n) is 0.283. The van der Waals surface area contributed by atoms with Crippen LogP contribution in [0.3, 0.4) is 0 Å². The molecule has 0 fully saturated rings. The Hall–Kier alpha value is 1.57. The van der Waals surface area contributed by atoms with E-state index in [2.05, 4.69) is 0 Å². The Bertz CT molecular complexity index is 37.9. The Morgan fingerprint density at radius 3 is 1.50 bits per heavy atom. The van der Waals surface area contributed by atoms with E-state index in [-0.39, 0.29) is 73.2 Å². The van der Waals surface area contributed by atoms with Gasteiger partial charge >= 0.3 is 57.5 Å². The predicted molar refractivity (Wildman–Crippen MR) is 11.8 cm³/mol. The molecule has 5 heteroatoms. The third-order valence-corrected chi connectivity index (χ3v) is 0. The van der Waals surface area contributed by atoms with Gasteiger partial charge in [-0.25, -0.2) is 4.79 Å². The van der Waals surface area contributed by atoms with Gasteiger partial charge in [-0.15, -0.1) is 0 Å². The number of rotatable bonds is 0. The molecule has 36 valence electrons. The van der Waals surface area contributed by atoms with Gasteiger partial charge in [-0.05, 0) is 0 Å². The monoisotopic (exact) mass is 208 g/mol. The number of carbonyl (C=O) groups is 1. The Morgan fingerprint density at radius 1 is 1.50 bits per heavy atom. The standard InChI is InChI=1S/CH2O3.K.Pd.H/c2-1(3)4;;;/h(H2,2,3,4);;;/q;+1;;-1. The summed E-state index contributed by atoms with van der Waals surface area (Å²) in [5.41, 5.74) is 0. The maximum atomic E-state index is 8.56. The van der Waals surface area contributed by atoms with E-state index in [4.69, 9.17) is 15.0 Å². The van der Waals surface area contributed by atoms with Gasteiger partial charge in [-0.1, -0.05) is 0 Å². The number of carboxylic acid groups (broad SMARTS) is 2. The molecule has 2 N–H and O–H groups in total. The van der Waals surface area contributed by atoms with Gasteiger partial charge in [0.25, 0.3) is 0 Å². The average molecular weight is 209 g/mol. The summed E-state index contributed by atoms with van der Waals surface area (Å²) in [6, 6.07) is 0. The molecule has 0 saturated heterocycles. The van der Waals surface area contributed by atoms with Crippen molar-refractivity contribution in [2.45, 2.75) is 0 Å². The molecular formula is CH3KO3Pd. The molecule has 0 atom stereocenters. The van der Waals surface area contributed by atoms with Crippen LogP contribution >= 0.6 is 0 Å². The fraction of sp³-hybridized carbons (Fsp3) is 0. The molecule has 0 saturated carbocycles. The van der Waals surface area contributed by atoms with Gasteiger partial charge in [-0.3, -0.25) is 0 Å². The molecule has 3 nitrogen and oxygen atoms in total. The van der Waals surface area contributed by atoms with Crippen LogP contribution in [-0.4, -0.2) is 16.4 Å². The average Bonchev–Trinajstić information content (AvgIpc) is 0.811. The summed E-state index contributed by atoms with van der Waals surface area (Å²) in [6.07, 6.45) is -1.83. The van der Waals surface area contributed by atoms with Crippen LogP contribution in [0, 0.1) is 0 Å². The molecule has 0 aromatic carbocycles. The second-order valence-corrected chi connectivity index (χ2v) is 0.283. The minimum atomic E-state index is -1.83. The first-order valence-corrected chi connectivity index (χ1v) is 0.651. The fourth-order valence-corrected chi connectivity index (χ4v) is 0. The van der Waals surface area contributed by atoms with Crippen molar-refractivity contribution in [2.24, 2.45) is 0 Å². The van der Waals surface area contributed by atoms with E-state index >= 15 is 0 Å². The Morgan fingerprint density at radius 2 is 1.50 bits per heavy atom. The molecule has 0 aliphatic carbocycles. The van der Waals surface area contributed by atoms with Crippen LogP contribution in [0.5, 0.6) is 0 Å². The summed E-state index contributed by atoms with van der Waals surface area (Å²) in [5.74, 6) is 0. The van der Waals surface area contributed by atoms with Crippen LogP contribution in [-0.2, 0) is 20.4 Å². The van der Waals surface area contributed by atoms with Crippen LogP contribution in [0.25, 0.3) is 0 Å². The molecular weight excluding hydrogens is 206 g/mol. The number of hydrogen-bond acceptors (Lipinski definition) is 1. The smallest absolute Gasteiger partial charge is 1.00 e. The second kappa shape index (κ2) is 9.76. The predicted octanol–water partition coefficient (Wildman–Crippen LogP) is -2.66. The van der Waals surface area contributed by atoms with Crippen molar-refractivity contribution in [3.63, 3.8) is 0 Å². The molecule has 0 bridgehead atoms. The zero-order valence-electron chi connectivity index (χ0n) is 4.12. The summed E-state index contributed by atoms with van der Waals surface area (Å²) in [4.78, 5) is 8.56. The minimum Gasteiger partial charge on any atom is -1.00 e. The third-order valence-electron chi connectivity index (χ3n) is 0. The van der Waals surface area contributed by atoms with E-state index in [9.17, 15) is 0 Å². The normalized spacial score (nSPS) is 4.00. The molecule has 0 aliphatic rings. The van der Waals surface area contributed by atoms with Crippen molar-refractivity contribution in [2.75, 3.05) is 0 Å². The first-order valence-electron chi connectivity index (χ1n) is 0.651. The third kappa shape index (κ3) is 47.2. The summed E-state index contributed by atoms with van der Waals surface area (Å²) < 4.78 is 0. The molecule has 0 unspecified atom stereocenters. The summed E-state index contributed by atoms with van der Waals surface area (Å²) >= 11 is 0. The van der Waals surface area contributed by atoms with E-state index in [0.29, 0.717) is 0 Å². The van der Waals surface area contributed by atoms with Crippen molar-refractivity contribution in [1.82, 2.24) is 0 Å². The fourth-order valence-electron chi connectivity index (χ4n) is 0. The van der Waals surface area contributed by atoms with E-state index in [1.807, 2.05) is 0 Å². The quantitative estimate of drug-likeness (QED) is 0.427. The van der Waals surface area contributed by atoms with Crippen LogP contribution in [0.2, 0.25) is 0 Å². The van der Waals surface area contributed by atoms with Gasteiger partial charge in [0.05, 0.1) is 0 Å². The molecule has 0 amide bonds. The molecule has 0 aromatic rings. The van der Waals surface area contributed by atoms with E-state index < -0.39 is 6.16 Å². The Kier molecular flexibility index (Phi) is 25.4. The molecule has 0 aromatic heterocycles. The summed E-state index contributed by atoms with van der Waals surface area (Å²) in [5, 5.41) is 13.9. The first kappa shape index (κ1) is 15.6. The molecule has 0 spiro atoms. The van der Waals surface area contributed by atoms with Crippen LogP contribution in [0.1, 0.15) is 1.43 Å². The van der Waals surface area contributed by atoms with Crippen LogP contribution in [0.15, 0.2) is 0 Å². The van der Waals surface area contributed by atoms with E-state index in [1.54, 1.807) is 0 Å². The van der Waals surface area contributed by atoms with Crippen molar-refractivity contribution >= 4 is 6.16 Å². The van der Waals surface area contributed by atoms with Crippen LogP contribution < -0.4 is 51.4 Å². The maximum absolute atomic E-state index is 8.56. The van der Waals surface area contributed by atoms with Gasteiger partial charge in [0.1, 0.15) is 0 Å². The summed E-state index contributed by atoms with van der Waals surface area (Å²) in [7, 11) is 0. The van der Waals surface area contributed by atoms with E-state index in [0.717, 1.165) is 0 Å². The van der Waals surface area contributed by atoms with Gasteiger partial charge in [0.2, 0.25) is 0 Å². The van der Waals surface area contributed by atoms with Crippen molar-refractivity contribution in [1.29, 1.82) is 0 Å².